The molecule has 2 rings (SSSR count). The first-order valence-electron chi connectivity index (χ1n) is 5.54. The number of carbonyl (C=O) groups is 2. The summed E-state index contributed by atoms with van der Waals surface area (Å²) >= 11 is 0. The average Bonchev–Trinajstić information content (AvgIpc) is 2.84. The maximum Gasteiger partial charge on any atom is 0.335 e. The Labute approximate surface area is 109 Å². The highest BCUT2D eigenvalue weighted by Crippen LogP contribution is 2.17. The van der Waals surface area contributed by atoms with E-state index in [1.54, 1.807) is 32.2 Å². The molecule has 1 aromatic heterocycles. The van der Waals surface area contributed by atoms with Crippen LogP contribution in [0.3, 0.4) is 0 Å². The van der Waals surface area contributed by atoms with Gasteiger partial charge in [0.05, 0.1) is 11.3 Å². The Morgan fingerprint density at radius 2 is 1.89 bits per heavy atom. The second-order valence-electron chi connectivity index (χ2n) is 4.05. The van der Waals surface area contributed by atoms with Gasteiger partial charge in [-0.25, -0.2) is 4.79 Å². The molecular weight excluding hydrogens is 248 g/mol. The molecule has 0 aliphatic heterocycles. The van der Waals surface area contributed by atoms with Crippen LogP contribution in [0.2, 0.25) is 0 Å². The number of carboxylic acids is 1. The lowest BCUT2D eigenvalue weighted by Crippen LogP contribution is -2.25. The lowest BCUT2D eigenvalue weighted by atomic mass is 10.2. The number of carbonyl (C=O) groups excluding carboxylic acids is 1. The molecule has 0 bridgehead atoms. The maximum atomic E-state index is 12.1. The van der Waals surface area contributed by atoms with Crippen LogP contribution in [0.1, 0.15) is 26.6 Å². The molecule has 0 saturated heterocycles. The standard InChI is InChI=1S/C13H12N2O4/c1-8-7-11(19-14-8)12(16)15(2)10-5-3-9(4-6-10)13(17)18/h3-7H,1-2H3,(H,17,18). The van der Waals surface area contributed by atoms with Crippen molar-refractivity contribution in [1.29, 1.82) is 0 Å². The molecule has 98 valence electrons. The highest BCUT2D eigenvalue weighted by molar-refractivity contribution is 6.04. The van der Waals surface area contributed by atoms with E-state index in [0.717, 1.165) is 0 Å². The fourth-order valence-corrected chi connectivity index (χ4v) is 1.57. The number of benzene rings is 1. The van der Waals surface area contributed by atoms with Gasteiger partial charge in [0.25, 0.3) is 5.91 Å². The van der Waals surface area contributed by atoms with Crippen molar-refractivity contribution in [2.45, 2.75) is 6.92 Å². The lowest BCUT2D eigenvalue weighted by molar-refractivity contribution is 0.0696. The van der Waals surface area contributed by atoms with Crippen LogP contribution in [-0.4, -0.2) is 29.2 Å². The molecule has 0 aliphatic carbocycles. The third-order valence-electron chi connectivity index (χ3n) is 2.64. The molecule has 6 nitrogen and oxygen atoms in total. The summed E-state index contributed by atoms with van der Waals surface area (Å²) in [7, 11) is 1.58. The van der Waals surface area contributed by atoms with Gasteiger partial charge in [-0.05, 0) is 31.2 Å². The van der Waals surface area contributed by atoms with E-state index in [-0.39, 0.29) is 17.2 Å². The molecule has 0 fully saturated rings. The van der Waals surface area contributed by atoms with Crippen LogP contribution in [0.15, 0.2) is 34.9 Å². The molecule has 0 unspecified atom stereocenters. The topological polar surface area (TPSA) is 83.6 Å². The zero-order valence-corrected chi connectivity index (χ0v) is 10.5. The van der Waals surface area contributed by atoms with E-state index in [1.807, 2.05) is 0 Å². The Morgan fingerprint density at radius 3 is 2.37 bits per heavy atom. The first-order chi connectivity index (χ1) is 8.99. The van der Waals surface area contributed by atoms with Gasteiger partial charge in [-0.1, -0.05) is 5.16 Å². The van der Waals surface area contributed by atoms with E-state index in [4.69, 9.17) is 9.63 Å². The first-order valence-corrected chi connectivity index (χ1v) is 5.54. The zero-order valence-electron chi connectivity index (χ0n) is 10.5. The van der Waals surface area contributed by atoms with E-state index >= 15 is 0 Å². The second kappa shape index (κ2) is 4.93. The Morgan fingerprint density at radius 1 is 1.26 bits per heavy atom. The smallest absolute Gasteiger partial charge is 0.335 e. The summed E-state index contributed by atoms with van der Waals surface area (Å²) in [5, 5.41) is 12.5. The quantitative estimate of drug-likeness (QED) is 0.911. The maximum absolute atomic E-state index is 12.1. The molecule has 1 amide bonds. The highest BCUT2D eigenvalue weighted by atomic mass is 16.5. The number of rotatable bonds is 3. The molecule has 1 N–H and O–H groups in total. The summed E-state index contributed by atoms with van der Waals surface area (Å²) in [5.41, 5.74) is 1.36. The Kier molecular flexibility index (Phi) is 3.33. The molecule has 6 heteroatoms. The van der Waals surface area contributed by atoms with E-state index in [0.29, 0.717) is 11.4 Å². The number of aromatic nitrogens is 1. The van der Waals surface area contributed by atoms with Gasteiger partial charge >= 0.3 is 5.97 Å². The first kappa shape index (κ1) is 12.8. The number of nitrogens with zero attached hydrogens (tertiary/aromatic N) is 2. The third-order valence-corrected chi connectivity index (χ3v) is 2.64. The molecule has 2 aromatic rings. The van der Waals surface area contributed by atoms with Crippen molar-refractivity contribution in [3.63, 3.8) is 0 Å². The van der Waals surface area contributed by atoms with Gasteiger partial charge in [0.1, 0.15) is 0 Å². The van der Waals surface area contributed by atoms with Crippen molar-refractivity contribution in [2.75, 3.05) is 11.9 Å². The summed E-state index contributed by atoms with van der Waals surface area (Å²) in [5.74, 6) is -1.21. The lowest BCUT2D eigenvalue weighted by Gasteiger charge is -2.15. The van der Waals surface area contributed by atoms with Gasteiger partial charge in [-0.3, -0.25) is 4.79 Å². The highest BCUT2D eigenvalue weighted by Gasteiger charge is 2.18. The van der Waals surface area contributed by atoms with E-state index in [9.17, 15) is 9.59 Å². The monoisotopic (exact) mass is 260 g/mol. The van der Waals surface area contributed by atoms with Crippen molar-refractivity contribution < 1.29 is 19.2 Å². The van der Waals surface area contributed by atoms with E-state index in [2.05, 4.69) is 5.16 Å². The summed E-state index contributed by atoms with van der Waals surface area (Å²) in [6, 6.07) is 7.54. The predicted molar refractivity (Wildman–Crippen MR) is 67.4 cm³/mol. The summed E-state index contributed by atoms with van der Waals surface area (Å²) in [4.78, 5) is 24.2. The van der Waals surface area contributed by atoms with Gasteiger partial charge < -0.3 is 14.5 Å². The summed E-state index contributed by atoms with van der Waals surface area (Å²) < 4.78 is 4.90. The van der Waals surface area contributed by atoms with E-state index < -0.39 is 5.97 Å². The number of aryl methyl sites for hydroxylation is 1. The number of anilines is 1. The largest absolute Gasteiger partial charge is 0.478 e. The predicted octanol–water partition coefficient (Wildman–Crippen LogP) is 1.96. The van der Waals surface area contributed by atoms with Crippen LogP contribution < -0.4 is 4.90 Å². The van der Waals surface area contributed by atoms with Gasteiger partial charge in [-0.15, -0.1) is 0 Å². The van der Waals surface area contributed by atoms with Crippen molar-refractivity contribution in [3.8, 4) is 0 Å². The Hall–Kier alpha value is -2.63. The fourth-order valence-electron chi connectivity index (χ4n) is 1.57. The van der Waals surface area contributed by atoms with Crippen LogP contribution in [0.25, 0.3) is 0 Å². The minimum Gasteiger partial charge on any atom is -0.478 e. The minimum absolute atomic E-state index is 0.141. The second-order valence-corrected chi connectivity index (χ2v) is 4.05. The van der Waals surface area contributed by atoms with Crippen molar-refractivity contribution in [3.05, 3.63) is 47.3 Å². The molecule has 0 spiro atoms. The summed E-state index contributed by atoms with van der Waals surface area (Å²) in [6.07, 6.45) is 0. The van der Waals surface area contributed by atoms with Crippen LogP contribution in [0.5, 0.6) is 0 Å². The SMILES string of the molecule is Cc1cc(C(=O)N(C)c2ccc(C(=O)O)cc2)on1. The summed E-state index contributed by atoms with van der Waals surface area (Å²) in [6.45, 7) is 1.72. The number of aromatic carboxylic acids is 1. The van der Waals surface area contributed by atoms with Gasteiger partial charge in [0, 0.05) is 18.8 Å². The molecule has 1 aromatic carbocycles. The van der Waals surface area contributed by atoms with E-state index in [1.165, 1.54) is 17.0 Å². The number of amides is 1. The van der Waals surface area contributed by atoms with Crippen molar-refractivity contribution >= 4 is 17.6 Å². The molecule has 0 aliphatic rings. The van der Waals surface area contributed by atoms with Crippen molar-refractivity contribution in [2.24, 2.45) is 0 Å². The number of hydrogen-bond donors (Lipinski definition) is 1. The zero-order chi connectivity index (χ0) is 14.0. The minimum atomic E-state index is -1.01. The van der Waals surface area contributed by atoms with Crippen molar-refractivity contribution in [1.82, 2.24) is 5.16 Å². The molecule has 0 atom stereocenters. The van der Waals surface area contributed by atoms with Gasteiger partial charge in [0.2, 0.25) is 5.76 Å². The molecule has 0 radical (unpaired) electrons. The van der Waals surface area contributed by atoms with Crippen LogP contribution in [-0.2, 0) is 0 Å². The third kappa shape index (κ3) is 2.62. The normalized spacial score (nSPS) is 10.2. The molecule has 0 saturated carbocycles. The Bertz CT molecular complexity index is 616. The van der Waals surface area contributed by atoms with Crippen LogP contribution >= 0.6 is 0 Å². The number of hydrogen-bond acceptors (Lipinski definition) is 4. The molecular formula is C13H12N2O4. The molecule has 1 heterocycles. The fraction of sp³-hybridized carbons (Fsp3) is 0.154. The van der Waals surface area contributed by atoms with Gasteiger partial charge in [-0.2, -0.15) is 0 Å². The van der Waals surface area contributed by atoms with Crippen LogP contribution in [0.4, 0.5) is 5.69 Å². The van der Waals surface area contributed by atoms with Crippen LogP contribution in [0, 0.1) is 6.92 Å². The molecule has 19 heavy (non-hydrogen) atoms. The number of carboxylic acid groups (broad SMARTS) is 1. The Balaban J connectivity index is 2.21. The van der Waals surface area contributed by atoms with Gasteiger partial charge in [0.15, 0.2) is 0 Å². The average molecular weight is 260 g/mol.